The lowest BCUT2D eigenvalue weighted by Gasteiger charge is -2.37. The predicted molar refractivity (Wildman–Crippen MR) is 146 cm³/mol. The number of likely N-dealkylation sites (tertiary alicyclic amines) is 1. The predicted octanol–water partition coefficient (Wildman–Crippen LogP) is 4.90. The number of likely N-dealkylation sites (N-methyl/N-ethyl adjacent to an activating group) is 1. The first kappa shape index (κ1) is 26.0. The summed E-state index contributed by atoms with van der Waals surface area (Å²) >= 11 is 0. The number of ether oxygens (including phenoxy) is 1. The van der Waals surface area contributed by atoms with Crippen LogP contribution in [0.5, 0.6) is 0 Å². The van der Waals surface area contributed by atoms with Crippen molar-refractivity contribution in [2.24, 2.45) is 0 Å². The van der Waals surface area contributed by atoms with Crippen molar-refractivity contribution in [1.29, 1.82) is 0 Å². The van der Waals surface area contributed by atoms with E-state index in [0.717, 1.165) is 44.6 Å². The summed E-state index contributed by atoms with van der Waals surface area (Å²) in [6.07, 6.45) is 1.73. The smallest absolute Gasteiger partial charge is 0.410 e. The number of benzene rings is 2. The highest BCUT2D eigenvalue weighted by Crippen LogP contribution is 2.42. The van der Waals surface area contributed by atoms with Crippen molar-refractivity contribution in [3.63, 3.8) is 0 Å². The molecule has 2 aromatic carbocycles. The van der Waals surface area contributed by atoms with Gasteiger partial charge in [-0.05, 0) is 77.0 Å². The average Bonchev–Trinajstić information content (AvgIpc) is 3.49. The van der Waals surface area contributed by atoms with E-state index in [1.54, 1.807) is 11.0 Å². The molecule has 0 N–H and O–H groups in total. The zero-order chi connectivity index (χ0) is 26.3. The Bertz CT molecular complexity index is 1110. The number of amides is 1. The van der Waals surface area contributed by atoms with Gasteiger partial charge in [0.1, 0.15) is 11.4 Å². The van der Waals surface area contributed by atoms with E-state index in [4.69, 9.17) is 4.74 Å². The van der Waals surface area contributed by atoms with E-state index in [2.05, 4.69) is 59.1 Å². The minimum Gasteiger partial charge on any atom is -0.444 e. The summed E-state index contributed by atoms with van der Waals surface area (Å²) in [5, 5.41) is 0. The number of halogens is 1. The molecule has 2 heterocycles. The van der Waals surface area contributed by atoms with E-state index in [-0.39, 0.29) is 18.0 Å². The SMILES string of the molecule is CN(C)[C@@H]1CN(C2CCc3cccc(F)c32)C[C@H]1c1ccc(N2CCN(C(=O)OC(C)(C)C)CC2)cc1. The van der Waals surface area contributed by atoms with Gasteiger partial charge in [-0.15, -0.1) is 0 Å². The molecule has 1 amide bonds. The second-order valence-electron chi connectivity index (χ2n) is 12.0. The van der Waals surface area contributed by atoms with Crippen LogP contribution < -0.4 is 4.90 Å². The van der Waals surface area contributed by atoms with E-state index >= 15 is 0 Å². The van der Waals surface area contributed by atoms with Gasteiger partial charge < -0.3 is 19.4 Å². The summed E-state index contributed by atoms with van der Waals surface area (Å²) in [6.45, 7) is 10.5. The Hall–Kier alpha value is -2.64. The van der Waals surface area contributed by atoms with Gasteiger partial charge in [0.25, 0.3) is 0 Å². The van der Waals surface area contributed by atoms with Gasteiger partial charge in [0, 0.05) is 68.5 Å². The van der Waals surface area contributed by atoms with Crippen LogP contribution in [0, 0.1) is 5.82 Å². The van der Waals surface area contributed by atoms with Crippen molar-refractivity contribution in [3.8, 4) is 0 Å². The molecule has 7 heteroatoms. The molecule has 200 valence electrons. The Kier molecular flexibility index (Phi) is 7.20. The second kappa shape index (κ2) is 10.3. The zero-order valence-electron chi connectivity index (χ0n) is 22.9. The standard InChI is InChI=1S/C30H41FN4O2/c1-30(2,3)37-29(36)34-17-15-33(16-18-34)23-12-9-21(10-13-23)24-19-35(20-27(24)32(4)5)26-14-11-22-7-6-8-25(31)28(22)26/h6-10,12-13,24,26-27H,11,14-20H2,1-5H3/t24-,26?,27+/m0/s1. The van der Waals surface area contributed by atoms with Gasteiger partial charge in [-0.25, -0.2) is 9.18 Å². The number of hydrogen-bond acceptors (Lipinski definition) is 5. The number of hydrogen-bond donors (Lipinski definition) is 0. The maximum atomic E-state index is 14.8. The lowest BCUT2D eigenvalue weighted by Crippen LogP contribution is -2.50. The normalized spacial score (nSPS) is 24.6. The first-order valence-corrected chi connectivity index (χ1v) is 13.6. The highest BCUT2D eigenvalue weighted by atomic mass is 19.1. The second-order valence-corrected chi connectivity index (χ2v) is 12.0. The third kappa shape index (κ3) is 5.48. The molecule has 0 saturated carbocycles. The fraction of sp³-hybridized carbons (Fsp3) is 0.567. The Balaban J connectivity index is 1.25. The van der Waals surface area contributed by atoms with E-state index < -0.39 is 5.60 Å². The number of rotatable bonds is 4. The molecule has 2 fully saturated rings. The van der Waals surface area contributed by atoms with Crippen LogP contribution in [0.1, 0.15) is 55.8 Å². The largest absolute Gasteiger partial charge is 0.444 e. The molecule has 0 aromatic heterocycles. The molecule has 5 rings (SSSR count). The molecule has 3 atom stereocenters. The number of aryl methyl sites for hydroxylation is 1. The summed E-state index contributed by atoms with van der Waals surface area (Å²) < 4.78 is 20.3. The molecule has 2 saturated heterocycles. The number of fused-ring (bicyclic) bond motifs is 1. The van der Waals surface area contributed by atoms with Gasteiger partial charge in [0.2, 0.25) is 0 Å². The third-order valence-electron chi connectivity index (χ3n) is 8.20. The highest BCUT2D eigenvalue weighted by Gasteiger charge is 2.41. The van der Waals surface area contributed by atoms with Crippen molar-refractivity contribution < 1.29 is 13.9 Å². The van der Waals surface area contributed by atoms with Gasteiger partial charge in [0.05, 0.1) is 0 Å². The van der Waals surface area contributed by atoms with Crippen LogP contribution in [0.4, 0.5) is 14.9 Å². The van der Waals surface area contributed by atoms with Crippen LogP contribution in [0.2, 0.25) is 0 Å². The molecule has 0 bridgehead atoms. The average molecular weight is 509 g/mol. The number of nitrogens with zero attached hydrogens (tertiary/aromatic N) is 4. The number of anilines is 1. The van der Waals surface area contributed by atoms with E-state index in [9.17, 15) is 9.18 Å². The van der Waals surface area contributed by atoms with Gasteiger partial charge in [-0.1, -0.05) is 24.3 Å². The van der Waals surface area contributed by atoms with Gasteiger partial charge in [-0.3, -0.25) is 4.90 Å². The third-order valence-corrected chi connectivity index (χ3v) is 8.20. The lowest BCUT2D eigenvalue weighted by molar-refractivity contribution is 0.0240. The Morgan fingerprint density at radius 2 is 1.70 bits per heavy atom. The van der Waals surface area contributed by atoms with E-state index in [1.807, 2.05) is 26.8 Å². The summed E-state index contributed by atoms with van der Waals surface area (Å²) in [7, 11) is 4.31. The van der Waals surface area contributed by atoms with Crippen molar-refractivity contribution >= 4 is 11.8 Å². The first-order chi connectivity index (χ1) is 17.6. The van der Waals surface area contributed by atoms with Crippen molar-refractivity contribution in [3.05, 3.63) is 65.0 Å². The summed E-state index contributed by atoms with van der Waals surface area (Å²) in [5.41, 5.74) is 4.15. The molecule has 1 aliphatic carbocycles. The van der Waals surface area contributed by atoms with E-state index in [0.29, 0.717) is 25.0 Å². The highest BCUT2D eigenvalue weighted by molar-refractivity contribution is 5.68. The minimum absolute atomic E-state index is 0.0547. The minimum atomic E-state index is -0.473. The lowest BCUT2D eigenvalue weighted by atomic mass is 9.93. The van der Waals surface area contributed by atoms with Crippen LogP contribution in [-0.2, 0) is 11.2 Å². The fourth-order valence-electron chi connectivity index (χ4n) is 6.30. The molecular weight excluding hydrogens is 467 g/mol. The van der Waals surface area contributed by atoms with Crippen LogP contribution >= 0.6 is 0 Å². The molecule has 1 unspecified atom stereocenters. The molecule has 0 spiro atoms. The van der Waals surface area contributed by atoms with Gasteiger partial charge in [0.15, 0.2) is 0 Å². The van der Waals surface area contributed by atoms with Crippen LogP contribution in [-0.4, -0.2) is 85.8 Å². The maximum absolute atomic E-state index is 14.8. The monoisotopic (exact) mass is 508 g/mol. The number of carbonyl (C=O) groups excluding carboxylic acids is 1. The summed E-state index contributed by atoms with van der Waals surface area (Å²) in [6, 6.07) is 15.1. The van der Waals surface area contributed by atoms with Crippen LogP contribution in [0.15, 0.2) is 42.5 Å². The quantitative estimate of drug-likeness (QED) is 0.588. The van der Waals surface area contributed by atoms with Crippen molar-refractivity contribution in [2.45, 2.75) is 57.2 Å². The summed E-state index contributed by atoms with van der Waals surface area (Å²) in [4.78, 5) is 21.4. The Labute approximate surface area is 221 Å². The Morgan fingerprint density at radius 1 is 1.00 bits per heavy atom. The molecule has 6 nitrogen and oxygen atoms in total. The molecule has 2 aliphatic heterocycles. The van der Waals surface area contributed by atoms with Gasteiger partial charge in [-0.2, -0.15) is 0 Å². The summed E-state index contributed by atoms with van der Waals surface area (Å²) in [5.74, 6) is 0.324. The molecule has 2 aromatic rings. The van der Waals surface area contributed by atoms with Crippen LogP contribution in [0.3, 0.4) is 0 Å². The maximum Gasteiger partial charge on any atom is 0.410 e. The Morgan fingerprint density at radius 3 is 2.35 bits per heavy atom. The molecular formula is C30H41FN4O2. The van der Waals surface area contributed by atoms with E-state index in [1.165, 1.54) is 16.8 Å². The zero-order valence-corrected chi connectivity index (χ0v) is 22.9. The van der Waals surface area contributed by atoms with Crippen molar-refractivity contribution in [1.82, 2.24) is 14.7 Å². The fourth-order valence-corrected chi connectivity index (χ4v) is 6.30. The number of piperazine rings is 1. The van der Waals surface area contributed by atoms with Crippen molar-refractivity contribution in [2.75, 3.05) is 58.3 Å². The molecule has 3 aliphatic rings. The molecule has 0 radical (unpaired) electrons. The number of carbonyl (C=O) groups is 1. The molecule has 37 heavy (non-hydrogen) atoms. The van der Waals surface area contributed by atoms with Gasteiger partial charge >= 0.3 is 6.09 Å². The topological polar surface area (TPSA) is 39.3 Å². The van der Waals surface area contributed by atoms with Crippen LogP contribution in [0.25, 0.3) is 0 Å². The first-order valence-electron chi connectivity index (χ1n) is 13.6.